The van der Waals surface area contributed by atoms with Gasteiger partial charge in [0.15, 0.2) is 0 Å². The second-order valence-electron chi connectivity index (χ2n) is 4.41. The fraction of sp³-hybridized carbons (Fsp3) is 0.429. The Hall–Kier alpha value is -1.08. The van der Waals surface area contributed by atoms with E-state index in [1.165, 1.54) is 18.4 Å². The smallest absolute Gasteiger partial charge is 0.108 e. The zero-order valence-electron chi connectivity index (χ0n) is 9.24. The van der Waals surface area contributed by atoms with Gasteiger partial charge in [-0.3, -0.25) is 0 Å². The lowest BCUT2D eigenvalue weighted by Gasteiger charge is -2.29. The van der Waals surface area contributed by atoms with Gasteiger partial charge in [-0.25, -0.2) is 0 Å². The van der Waals surface area contributed by atoms with Crippen LogP contribution in [0.5, 0.6) is 0 Å². The number of rotatable bonds is 2. The molecule has 1 aliphatic rings. The van der Waals surface area contributed by atoms with E-state index in [9.17, 15) is 5.11 Å². The van der Waals surface area contributed by atoms with E-state index in [0.29, 0.717) is 0 Å². The second-order valence-corrected chi connectivity index (χ2v) is 4.41. The Bertz CT molecular complexity index is 349. The molecule has 0 unspecified atom stereocenters. The number of aliphatic hydroxyl groups is 1. The molecule has 0 spiro atoms. The van der Waals surface area contributed by atoms with Crippen LogP contribution in [0, 0.1) is 0 Å². The summed E-state index contributed by atoms with van der Waals surface area (Å²) in [6, 6.07) is 9.93. The standard InChI is InChI=1S/C14H18O/c1-14(15,12-8-4-2-5-9-12)13-10-6-3-7-11-13/h2,4-5,8-10,15H,3,6-7,11H2,1H3/t14-/m1/s1. The minimum Gasteiger partial charge on any atom is -0.381 e. The molecular formula is C14H18O. The van der Waals surface area contributed by atoms with Gasteiger partial charge in [-0.2, -0.15) is 0 Å². The molecule has 0 aliphatic heterocycles. The van der Waals surface area contributed by atoms with E-state index in [1.54, 1.807) is 0 Å². The van der Waals surface area contributed by atoms with Crippen molar-refractivity contribution in [3.63, 3.8) is 0 Å². The quantitative estimate of drug-likeness (QED) is 0.729. The van der Waals surface area contributed by atoms with Crippen molar-refractivity contribution in [1.29, 1.82) is 0 Å². The number of hydrogen-bond donors (Lipinski definition) is 1. The number of hydrogen-bond acceptors (Lipinski definition) is 1. The summed E-state index contributed by atoms with van der Waals surface area (Å²) >= 11 is 0. The molecule has 1 atom stereocenters. The molecular weight excluding hydrogens is 184 g/mol. The first-order chi connectivity index (χ1) is 7.21. The van der Waals surface area contributed by atoms with Gasteiger partial charge in [0, 0.05) is 0 Å². The van der Waals surface area contributed by atoms with Crippen LogP contribution >= 0.6 is 0 Å². The van der Waals surface area contributed by atoms with Crippen molar-refractivity contribution in [2.45, 2.75) is 38.2 Å². The molecule has 2 rings (SSSR count). The van der Waals surface area contributed by atoms with Crippen molar-refractivity contribution in [3.8, 4) is 0 Å². The molecule has 0 radical (unpaired) electrons. The molecule has 1 heteroatoms. The first-order valence-corrected chi connectivity index (χ1v) is 5.68. The Morgan fingerprint density at radius 3 is 2.47 bits per heavy atom. The molecule has 1 aliphatic carbocycles. The Labute approximate surface area is 91.4 Å². The highest BCUT2D eigenvalue weighted by Crippen LogP contribution is 2.34. The summed E-state index contributed by atoms with van der Waals surface area (Å²) in [5.74, 6) is 0. The lowest BCUT2D eigenvalue weighted by Crippen LogP contribution is -2.25. The first kappa shape index (κ1) is 10.4. The van der Waals surface area contributed by atoms with E-state index in [-0.39, 0.29) is 0 Å². The van der Waals surface area contributed by atoms with E-state index in [2.05, 4.69) is 6.08 Å². The third kappa shape index (κ3) is 2.13. The molecule has 0 fully saturated rings. The van der Waals surface area contributed by atoms with E-state index < -0.39 is 5.60 Å². The Morgan fingerprint density at radius 1 is 1.13 bits per heavy atom. The van der Waals surface area contributed by atoms with Gasteiger partial charge in [-0.05, 0) is 43.7 Å². The zero-order chi connectivity index (χ0) is 10.7. The van der Waals surface area contributed by atoms with Crippen LogP contribution in [0.4, 0.5) is 0 Å². The van der Waals surface area contributed by atoms with Crippen molar-refractivity contribution in [2.75, 3.05) is 0 Å². The Kier molecular flexibility index (Phi) is 2.92. The van der Waals surface area contributed by atoms with E-state index in [0.717, 1.165) is 18.4 Å². The van der Waals surface area contributed by atoms with Crippen LogP contribution in [-0.2, 0) is 5.60 Å². The topological polar surface area (TPSA) is 20.2 Å². The lowest BCUT2D eigenvalue weighted by molar-refractivity contribution is 0.0915. The van der Waals surface area contributed by atoms with Crippen LogP contribution < -0.4 is 0 Å². The van der Waals surface area contributed by atoms with Gasteiger partial charge in [0.25, 0.3) is 0 Å². The van der Waals surface area contributed by atoms with Crippen molar-refractivity contribution in [2.24, 2.45) is 0 Å². The lowest BCUT2D eigenvalue weighted by atomic mass is 9.82. The SMILES string of the molecule is C[C@](O)(C1=CCCCC1)c1ccccc1. The highest BCUT2D eigenvalue weighted by atomic mass is 16.3. The van der Waals surface area contributed by atoms with Gasteiger partial charge < -0.3 is 5.11 Å². The predicted molar refractivity (Wildman–Crippen MR) is 62.6 cm³/mol. The average Bonchev–Trinajstić information content (AvgIpc) is 2.31. The molecule has 15 heavy (non-hydrogen) atoms. The normalized spacial score (nSPS) is 20.5. The van der Waals surface area contributed by atoms with Crippen LogP contribution in [-0.4, -0.2) is 5.11 Å². The summed E-state index contributed by atoms with van der Waals surface area (Å²) in [7, 11) is 0. The van der Waals surface area contributed by atoms with Gasteiger partial charge in [0.2, 0.25) is 0 Å². The Morgan fingerprint density at radius 2 is 1.87 bits per heavy atom. The molecule has 0 saturated carbocycles. The summed E-state index contributed by atoms with van der Waals surface area (Å²) in [6.45, 7) is 1.90. The molecule has 80 valence electrons. The van der Waals surface area contributed by atoms with E-state index in [1.807, 2.05) is 37.3 Å². The van der Waals surface area contributed by atoms with Crippen molar-refractivity contribution in [3.05, 3.63) is 47.5 Å². The molecule has 0 heterocycles. The van der Waals surface area contributed by atoms with Crippen LogP contribution in [0.1, 0.15) is 38.2 Å². The summed E-state index contributed by atoms with van der Waals surface area (Å²) < 4.78 is 0. The minimum absolute atomic E-state index is 0.776. The fourth-order valence-corrected chi connectivity index (χ4v) is 2.23. The van der Waals surface area contributed by atoms with Crippen LogP contribution in [0.2, 0.25) is 0 Å². The highest BCUT2D eigenvalue weighted by molar-refractivity contribution is 5.32. The molecule has 0 bridgehead atoms. The van der Waals surface area contributed by atoms with Gasteiger partial charge >= 0.3 is 0 Å². The molecule has 1 aromatic carbocycles. The van der Waals surface area contributed by atoms with E-state index >= 15 is 0 Å². The van der Waals surface area contributed by atoms with Gasteiger partial charge in [0.1, 0.15) is 5.60 Å². The maximum absolute atomic E-state index is 10.5. The van der Waals surface area contributed by atoms with Crippen LogP contribution in [0.25, 0.3) is 0 Å². The zero-order valence-corrected chi connectivity index (χ0v) is 9.24. The van der Waals surface area contributed by atoms with Crippen molar-refractivity contribution >= 4 is 0 Å². The van der Waals surface area contributed by atoms with Crippen molar-refractivity contribution < 1.29 is 5.11 Å². The summed E-state index contributed by atoms with van der Waals surface area (Å²) in [6.07, 6.45) is 6.81. The van der Waals surface area contributed by atoms with Crippen molar-refractivity contribution in [1.82, 2.24) is 0 Å². The molecule has 0 saturated heterocycles. The number of benzene rings is 1. The highest BCUT2D eigenvalue weighted by Gasteiger charge is 2.28. The third-order valence-electron chi connectivity index (χ3n) is 3.25. The van der Waals surface area contributed by atoms with Gasteiger partial charge in [-0.15, -0.1) is 0 Å². The summed E-state index contributed by atoms with van der Waals surface area (Å²) in [5, 5.41) is 10.5. The molecule has 1 nitrogen and oxygen atoms in total. The Balaban J connectivity index is 2.30. The van der Waals surface area contributed by atoms with Gasteiger partial charge in [0.05, 0.1) is 0 Å². The summed E-state index contributed by atoms with van der Waals surface area (Å²) in [5.41, 5.74) is 1.40. The van der Waals surface area contributed by atoms with Crippen LogP contribution in [0.15, 0.2) is 42.0 Å². The second kappa shape index (κ2) is 4.19. The third-order valence-corrected chi connectivity index (χ3v) is 3.25. The summed E-state index contributed by atoms with van der Waals surface area (Å²) in [4.78, 5) is 0. The fourth-order valence-electron chi connectivity index (χ4n) is 2.23. The maximum atomic E-state index is 10.5. The molecule has 0 amide bonds. The van der Waals surface area contributed by atoms with Crippen LogP contribution in [0.3, 0.4) is 0 Å². The average molecular weight is 202 g/mol. The van der Waals surface area contributed by atoms with Gasteiger partial charge in [-0.1, -0.05) is 36.4 Å². The minimum atomic E-state index is -0.776. The van der Waals surface area contributed by atoms with E-state index in [4.69, 9.17) is 0 Å². The molecule has 1 aromatic rings. The first-order valence-electron chi connectivity index (χ1n) is 5.68. The maximum Gasteiger partial charge on any atom is 0.108 e. The molecule has 0 aromatic heterocycles. The largest absolute Gasteiger partial charge is 0.381 e. The number of allylic oxidation sites excluding steroid dienone is 1. The molecule has 1 N–H and O–H groups in total. The predicted octanol–water partition coefficient (Wildman–Crippen LogP) is 3.39. The monoisotopic (exact) mass is 202 g/mol.